The Morgan fingerprint density at radius 3 is 3.07 bits per heavy atom. The highest BCUT2D eigenvalue weighted by molar-refractivity contribution is 9.10. The first kappa shape index (κ1) is 9.22. The SMILES string of the molecule is CC1Cc2cc(Br)ccc2-n2cccc21. The van der Waals surface area contributed by atoms with Gasteiger partial charge in [-0.3, -0.25) is 0 Å². The van der Waals surface area contributed by atoms with Gasteiger partial charge in [0.2, 0.25) is 0 Å². The van der Waals surface area contributed by atoms with E-state index in [1.165, 1.54) is 21.4 Å². The fourth-order valence-electron chi connectivity index (χ4n) is 2.40. The molecule has 0 aliphatic carbocycles. The quantitative estimate of drug-likeness (QED) is 0.678. The van der Waals surface area contributed by atoms with Gasteiger partial charge in [-0.2, -0.15) is 0 Å². The largest absolute Gasteiger partial charge is 0.320 e. The molecule has 1 atom stereocenters. The van der Waals surface area contributed by atoms with Crippen molar-refractivity contribution in [2.45, 2.75) is 19.3 Å². The van der Waals surface area contributed by atoms with Crippen LogP contribution in [0.3, 0.4) is 0 Å². The predicted molar refractivity (Wildman–Crippen MR) is 65.6 cm³/mol. The molecule has 1 aliphatic heterocycles. The standard InChI is InChI=1S/C13H12BrN/c1-9-7-10-8-11(14)4-5-13(10)15-6-2-3-12(9)15/h2-6,8-9H,7H2,1H3. The van der Waals surface area contributed by atoms with E-state index in [0.717, 1.165) is 6.42 Å². The van der Waals surface area contributed by atoms with Gasteiger partial charge in [-0.25, -0.2) is 0 Å². The van der Waals surface area contributed by atoms with Crippen LogP contribution in [-0.4, -0.2) is 4.57 Å². The normalized spacial score (nSPS) is 18.4. The third-order valence-corrected chi connectivity index (χ3v) is 3.61. The lowest BCUT2D eigenvalue weighted by Crippen LogP contribution is -2.14. The lowest BCUT2D eigenvalue weighted by atomic mass is 9.93. The van der Waals surface area contributed by atoms with E-state index in [9.17, 15) is 0 Å². The van der Waals surface area contributed by atoms with Crippen LogP contribution in [0.4, 0.5) is 0 Å². The van der Waals surface area contributed by atoms with E-state index in [0.29, 0.717) is 5.92 Å². The summed E-state index contributed by atoms with van der Waals surface area (Å²) >= 11 is 3.53. The molecule has 2 aromatic rings. The van der Waals surface area contributed by atoms with Gasteiger partial charge >= 0.3 is 0 Å². The molecular formula is C13H12BrN. The van der Waals surface area contributed by atoms with Crippen molar-refractivity contribution in [2.24, 2.45) is 0 Å². The molecule has 0 amide bonds. The molecule has 0 spiro atoms. The molecule has 15 heavy (non-hydrogen) atoms. The molecule has 0 fully saturated rings. The average Bonchev–Trinajstić information content (AvgIpc) is 2.66. The van der Waals surface area contributed by atoms with Gasteiger partial charge in [-0.05, 0) is 42.3 Å². The van der Waals surface area contributed by atoms with Gasteiger partial charge in [-0.1, -0.05) is 22.9 Å². The Balaban J connectivity index is 2.27. The number of aromatic nitrogens is 1. The predicted octanol–water partition coefficient (Wildman–Crippen LogP) is 3.90. The van der Waals surface area contributed by atoms with Crippen molar-refractivity contribution in [1.82, 2.24) is 4.57 Å². The summed E-state index contributed by atoms with van der Waals surface area (Å²) in [5, 5.41) is 0. The highest BCUT2D eigenvalue weighted by Crippen LogP contribution is 2.33. The zero-order valence-corrected chi connectivity index (χ0v) is 10.2. The van der Waals surface area contributed by atoms with Crippen LogP contribution in [0.2, 0.25) is 0 Å². The Labute approximate surface area is 97.9 Å². The highest BCUT2D eigenvalue weighted by Gasteiger charge is 2.20. The number of fused-ring (bicyclic) bond motifs is 3. The zero-order chi connectivity index (χ0) is 10.4. The van der Waals surface area contributed by atoms with Crippen LogP contribution in [0.25, 0.3) is 5.69 Å². The molecule has 0 saturated heterocycles. The number of hydrogen-bond donors (Lipinski definition) is 0. The maximum Gasteiger partial charge on any atom is 0.0485 e. The summed E-state index contributed by atoms with van der Waals surface area (Å²) in [5.41, 5.74) is 4.18. The molecule has 0 N–H and O–H groups in total. The molecule has 1 nitrogen and oxygen atoms in total. The van der Waals surface area contributed by atoms with Gasteiger partial charge in [0.15, 0.2) is 0 Å². The van der Waals surface area contributed by atoms with E-state index in [4.69, 9.17) is 0 Å². The van der Waals surface area contributed by atoms with Crippen LogP contribution < -0.4 is 0 Å². The summed E-state index contributed by atoms with van der Waals surface area (Å²) in [5.74, 6) is 0.613. The summed E-state index contributed by atoms with van der Waals surface area (Å²) in [4.78, 5) is 0. The maximum absolute atomic E-state index is 3.53. The molecule has 2 heterocycles. The van der Waals surface area contributed by atoms with Crippen molar-refractivity contribution >= 4 is 15.9 Å². The lowest BCUT2D eigenvalue weighted by molar-refractivity contribution is 0.674. The van der Waals surface area contributed by atoms with Gasteiger partial charge in [0.1, 0.15) is 0 Å². The topological polar surface area (TPSA) is 4.93 Å². The van der Waals surface area contributed by atoms with E-state index in [2.05, 4.69) is 63.9 Å². The summed E-state index contributed by atoms with van der Waals surface area (Å²) < 4.78 is 3.47. The van der Waals surface area contributed by atoms with Gasteiger partial charge in [-0.15, -0.1) is 0 Å². The van der Waals surface area contributed by atoms with Gasteiger partial charge in [0, 0.05) is 28.0 Å². The number of halogens is 1. The van der Waals surface area contributed by atoms with Crippen molar-refractivity contribution in [3.8, 4) is 5.69 Å². The zero-order valence-electron chi connectivity index (χ0n) is 8.57. The van der Waals surface area contributed by atoms with Crippen LogP contribution in [-0.2, 0) is 6.42 Å². The number of hydrogen-bond acceptors (Lipinski definition) is 0. The maximum atomic E-state index is 3.53. The van der Waals surface area contributed by atoms with Crippen LogP contribution in [0.1, 0.15) is 24.1 Å². The minimum atomic E-state index is 0.613. The van der Waals surface area contributed by atoms with Crippen LogP contribution in [0.15, 0.2) is 41.0 Å². The summed E-state index contributed by atoms with van der Waals surface area (Å²) in [7, 11) is 0. The number of nitrogens with zero attached hydrogens (tertiary/aromatic N) is 1. The molecular weight excluding hydrogens is 250 g/mol. The third kappa shape index (κ3) is 1.36. The second-order valence-corrected chi connectivity index (χ2v) is 5.10. The van der Waals surface area contributed by atoms with Crippen molar-refractivity contribution in [2.75, 3.05) is 0 Å². The fraction of sp³-hybridized carbons (Fsp3) is 0.231. The van der Waals surface area contributed by atoms with Crippen molar-refractivity contribution in [1.29, 1.82) is 0 Å². The van der Waals surface area contributed by atoms with Crippen molar-refractivity contribution in [3.05, 3.63) is 52.3 Å². The average molecular weight is 262 g/mol. The van der Waals surface area contributed by atoms with Gasteiger partial charge < -0.3 is 4.57 Å². The molecule has 0 bridgehead atoms. The van der Waals surface area contributed by atoms with Crippen LogP contribution in [0.5, 0.6) is 0 Å². The van der Waals surface area contributed by atoms with Gasteiger partial charge in [0.25, 0.3) is 0 Å². The Morgan fingerprint density at radius 2 is 2.20 bits per heavy atom. The molecule has 1 aliphatic rings. The number of rotatable bonds is 0. The van der Waals surface area contributed by atoms with Crippen molar-refractivity contribution in [3.63, 3.8) is 0 Å². The van der Waals surface area contributed by atoms with Crippen molar-refractivity contribution < 1.29 is 0 Å². The Morgan fingerprint density at radius 1 is 1.33 bits per heavy atom. The lowest BCUT2D eigenvalue weighted by Gasteiger charge is -2.24. The van der Waals surface area contributed by atoms with Crippen LogP contribution in [0, 0.1) is 0 Å². The minimum Gasteiger partial charge on any atom is -0.320 e. The molecule has 0 saturated carbocycles. The molecule has 2 heteroatoms. The first-order valence-corrected chi connectivity index (χ1v) is 6.01. The van der Waals surface area contributed by atoms with E-state index < -0.39 is 0 Å². The molecule has 3 rings (SSSR count). The van der Waals surface area contributed by atoms with E-state index in [1.54, 1.807) is 0 Å². The molecule has 1 unspecified atom stereocenters. The minimum absolute atomic E-state index is 0.613. The molecule has 1 aromatic carbocycles. The first-order chi connectivity index (χ1) is 7.25. The Bertz CT molecular complexity index is 513. The monoisotopic (exact) mass is 261 g/mol. The molecule has 1 aromatic heterocycles. The second kappa shape index (κ2) is 3.24. The second-order valence-electron chi connectivity index (χ2n) is 4.18. The summed E-state index contributed by atoms with van der Waals surface area (Å²) in [6.07, 6.45) is 3.29. The van der Waals surface area contributed by atoms with E-state index in [1.807, 2.05) is 0 Å². The van der Waals surface area contributed by atoms with Gasteiger partial charge in [0.05, 0.1) is 0 Å². The van der Waals surface area contributed by atoms with E-state index in [-0.39, 0.29) is 0 Å². The first-order valence-electron chi connectivity index (χ1n) is 5.22. The van der Waals surface area contributed by atoms with Crippen LogP contribution >= 0.6 is 15.9 Å². The smallest absolute Gasteiger partial charge is 0.0485 e. The molecule has 0 radical (unpaired) electrons. The fourth-order valence-corrected chi connectivity index (χ4v) is 2.81. The summed E-state index contributed by atoms with van der Waals surface area (Å²) in [6, 6.07) is 10.9. The third-order valence-electron chi connectivity index (χ3n) is 3.11. The number of benzene rings is 1. The Hall–Kier alpha value is -1.02. The van der Waals surface area contributed by atoms with E-state index >= 15 is 0 Å². The molecule has 76 valence electrons. The highest BCUT2D eigenvalue weighted by atomic mass is 79.9. The summed E-state index contributed by atoms with van der Waals surface area (Å²) in [6.45, 7) is 2.29. The Kier molecular flexibility index (Phi) is 1.99.